The first-order valence-corrected chi connectivity index (χ1v) is 10.3. The Kier molecular flexibility index (Phi) is 5.43. The van der Waals surface area contributed by atoms with Gasteiger partial charge in [-0.2, -0.15) is 5.10 Å². The SMILES string of the molecule is CC(C)(O[Si](C)(C)C)S/C=N\Nc1ccccc1. The van der Waals surface area contributed by atoms with Gasteiger partial charge in [0.1, 0.15) is 4.93 Å². The van der Waals surface area contributed by atoms with Gasteiger partial charge in [0.2, 0.25) is 0 Å². The molecule has 1 rings (SSSR count). The molecule has 1 aromatic carbocycles. The number of nitrogens with one attached hydrogen (secondary N) is 1. The van der Waals surface area contributed by atoms with Gasteiger partial charge in [-0.05, 0) is 45.6 Å². The second-order valence-electron chi connectivity index (χ2n) is 5.44. The highest BCUT2D eigenvalue weighted by Crippen LogP contribution is 2.27. The molecule has 5 heteroatoms. The molecule has 0 saturated carbocycles. The number of hydrazone groups is 1. The van der Waals surface area contributed by atoms with Crippen LogP contribution < -0.4 is 5.43 Å². The molecule has 0 bridgehead atoms. The first kappa shape index (κ1) is 15.3. The van der Waals surface area contributed by atoms with E-state index in [1.54, 1.807) is 17.3 Å². The van der Waals surface area contributed by atoms with Crippen molar-refractivity contribution in [1.29, 1.82) is 0 Å². The summed E-state index contributed by atoms with van der Waals surface area (Å²) < 4.78 is 6.06. The van der Waals surface area contributed by atoms with E-state index in [9.17, 15) is 0 Å². The van der Waals surface area contributed by atoms with Crippen molar-refractivity contribution in [3.05, 3.63) is 30.3 Å². The van der Waals surface area contributed by atoms with E-state index in [-0.39, 0.29) is 4.93 Å². The molecule has 0 heterocycles. The monoisotopic (exact) mass is 282 g/mol. The Balaban J connectivity index is 2.40. The third kappa shape index (κ3) is 6.83. The van der Waals surface area contributed by atoms with E-state index >= 15 is 0 Å². The van der Waals surface area contributed by atoms with Crippen LogP contribution in [-0.2, 0) is 4.43 Å². The predicted molar refractivity (Wildman–Crippen MR) is 84.7 cm³/mol. The quantitative estimate of drug-likeness (QED) is 0.277. The number of anilines is 1. The normalized spacial score (nSPS) is 12.9. The van der Waals surface area contributed by atoms with Gasteiger partial charge in [0.05, 0.1) is 11.2 Å². The molecular weight excluding hydrogens is 260 g/mol. The average Bonchev–Trinajstić information content (AvgIpc) is 2.23. The summed E-state index contributed by atoms with van der Waals surface area (Å²) in [5.41, 5.74) is 5.77. The second-order valence-corrected chi connectivity index (χ2v) is 11.3. The van der Waals surface area contributed by atoms with Crippen LogP contribution in [0.1, 0.15) is 13.8 Å². The molecule has 0 radical (unpaired) electrons. The number of nitrogens with zero attached hydrogens (tertiary/aromatic N) is 1. The Bertz CT molecular complexity index is 388. The molecule has 0 aliphatic heterocycles. The summed E-state index contributed by atoms with van der Waals surface area (Å²) in [6, 6.07) is 9.89. The maximum Gasteiger partial charge on any atom is 0.185 e. The van der Waals surface area contributed by atoms with E-state index in [0.29, 0.717) is 0 Å². The van der Waals surface area contributed by atoms with Crippen molar-refractivity contribution >= 4 is 31.3 Å². The van der Waals surface area contributed by atoms with Gasteiger partial charge >= 0.3 is 0 Å². The summed E-state index contributed by atoms with van der Waals surface area (Å²) in [4.78, 5) is -0.230. The number of benzene rings is 1. The highest BCUT2D eigenvalue weighted by Gasteiger charge is 2.27. The van der Waals surface area contributed by atoms with Crippen molar-refractivity contribution in [3.8, 4) is 0 Å². The predicted octanol–water partition coefficient (Wildman–Crippen LogP) is 4.36. The van der Waals surface area contributed by atoms with Crippen LogP contribution in [0.5, 0.6) is 0 Å². The van der Waals surface area contributed by atoms with E-state index in [1.807, 2.05) is 30.3 Å². The smallest absolute Gasteiger partial charge is 0.185 e. The van der Waals surface area contributed by atoms with E-state index in [0.717, 1.165) is 5.69 Å². The van der Waals surface area contributed by atoms with E-state index in [4.69, 9.17) is 4.43 Å². The van der Waals surface area contributed by atoms with Crippen molar-refractivity contribution in [2.45, 2.75) is 38.4 Å². The van der Waals surface area contributed by atoms with Crippen LogP contribution in [0.15, 0.2) is 35.4 Å². The summed E-state index contributed by atoms with van der Waals surface area (Å²) in [7, 11) is -1.52. The standard InChI is InChI=1S/C13H22N2OSSi/c1-13(2,16-18(3,4)5)17-11-14-15-12-9-7-6-8-10-12/h6-11,15H,1-5H3/b14-11-. The molecule has 0 aliphatic rings. The lowest BCUT2D eigenvalue weighted by molar-refractivity contribution is 0.200. The van der Waals surface area contributed by atoms with Crippen LogP contribution in [0.4, 0.5) is 5.69 Å². The van der Waals surface area contributed by atoms with Crippen LogP contribution in [-0.4, -0.2) is 18.8 Å². The Morgan fingerprint density at radius 1 is 1.22 bits per heavy atom. The molecule has 0 spiro atoms. The Morgan fingerprint density at radius 2 is 1.83 bits per heavy atom. The van der Waals surface area contributed by atoms with E-state index < -0.39 is 8.32 Å². The van der Waals surface area contributed by atoms with Crippen LogP contribution in [0.2, 0.25) is 19.6 Å². The number of para-hydroxylation sites is 1. The summed E-state index contributed by atoms with van der Waals surface area (Å²) in [5.74, 6) is 0. The molecule has 0 amide bonds. The molecular formula is C13H22N2OSSi. The van der Waals surface area contributed by atoms with Crippen LogP contribution in [0, 0.1) is 0 Å². The first-order chi connectivity index (χ1) is 8.29. The van der Waals surface area contributed by atoms with Crippen LogP contribution in [0.3, 0.4) is 0 Å². The van der Waals surface area contributed by atoms with Crippen molar-refractivity contribution in [1.82, 2.24) is 0 Å². The fraction of sp³-hybridized carbons (Fsp3) is 0.462. The van der Waals surface area contributed by atoms with Crippen molar-refractivity contribution < 1.29 is 4.43 Å². The number of hydrogen-bond donors (Lipinski definition) is 1. The maximum absolute atomic E-state index is 6.06. The van der Waals surface area contributed by atoms with Gasteiger partial charge in [-0.1, -0.05) is 30.0 Å². The minimum absolute atomic E-state index is 0.230. The molecule has 0 atom stereocenters. The molecule has 0 unspecified atom stereocenters. The average molecular weight is 282 g/mol. The Labute approximate surface area is 115 Å². The molecule has 3 nitrogen and oxygen atoms in total. The molecule has 1 N–H and O–H groups in total. The molecule has 0 aliphatic carbocycles. The second kappa shape index (κ2) is 6.40. The molecule has 0 fully saturated rings. The van der Waals surface area contributed by atoms with Gasteiger partial charge in [0.25, 0.3) is 0 Å². The lowest BCUT2D eigenvalue weighted by Crippen LogP contribution is -2.36. The number of hydrogen-bond acceptors (Lipinski definition) is 4. The maximum atomic E-state index is 6.06. The fourth-order valence-corrected chi connectivity index (χ4v) is 4.30. The molecule has 1 aromatic rings. The highest BCUT2D eigenvalue weighted by atomic mass is 32.2. The summed E-state index contributed by atoms with van der Waals surface area (Å²) in [5, 5.41) is 4.18. The topological polar surface area (TPSA) is 33.6 Å². The van der Waals surface area contributed by atoms with Crippen molar-refractivity contribution in [3.63, 3.8) is 0 Å². The van der Waals surface area contributed by atoms with E-state index in [1.165, 1.54) is 0 Å². The van der Waals surface area contributed by atoms with Gasteiger partial charge in [-0.15, -0.1) is 0 Å². The third-order valence-electron chi connectivity index (χ3n) is 1.91. The first-order valence-electron chi connectivity index (χ1n) is 5.99. The van der Waals surface area contributed by atoms with Gasteiger partial charge < -0.3 is 4.43 Å². The van der Waals surface area contributed by atoms with Crippen LogP contribution in [0.25, 0.3) is 0 Å². The lowest BCUT2D eigenvalue weighted by atomic mass is 10.3. The number of thioether (sulfide) groups is 1. The fourth-order valence-electron chi connectivity index (χ4n) is 1.53. The largest absolute Gasteiger partial charge is 0.404 e. The molecule has 0 aromatic heterocycles. The zero-order valence-corrected chi connectivity index (χ0v) is 13.5. The minimum atomic E-state index is -1.52. The highest BCUT2D eigenvalue weighted by molar-refractivity contribution is 8.13. The third-order valence-corrected chi connectivity index (χ3v) is 4.04. The van der Waals surface area contributed by atoms with Crippen molar-refractivity contribution in [2.24, 2.45) is 5.10 Å². The summed E-state index contributed by atoms with van der Waals surface area (Å²) >= 11 is 1.58. The van der Waals surface area contributed by atoms with E-state index in [2.05, 4.69) is 44.0 Å². The molecule has 100 valence electrons. The summed E-state index contributed by atoms with van der Waals surface area (Å²) in [6.45, 7) is 10.7. The van der Waals surface area contributed by atoms with Gasteiger partial charge in [0, 0.05) is 0 Å². The Hall–Kier alpha value is -0.783. The zero-order valence-electron chi connectivity index (χ0n) is 11.7. The minimum Gasteiger partial charge on any atom is -0.404 e. The number of rotatable bonds is 6. The molecule has 0 saturated heterocycles. The summed E-state index contributed by atoms with van der Waals surface area (Å²) in [6.07, 6.45) is 0. The molecule has 18 heavy (non-hydrogen) atoms. The Morgan fingerprint density at radius 3 is 2.39 bits per heavy atom. The zero-order chi connectivity index (χ0) is 13.6. The van der Waals surface area contributed by atoms with Gasteiger partial charge in [-0.3, -0.25) is 5.43 Å². The van der Waals surface area contributed by atoms with Gasteiger partial charge in [0.15, 0.2) is 8.32 Å². The van der Waals surface area contributed by atoms with Crippen molar-refractivity contribution in [2.75, 3.05) is 5.43 Å². The lowest BCUT2D eigenvalue weighted by Gasteiger charge is -2.31. The van der Waals surface area contributed by atoms with Gasteiger partial charge in [-0.25, -0.2) is 0 Å². The van der Waals surface area contributed by atoms with Crippen LogP contribution >= 0.6 is 11.8 Å².